The first-order chi connectivity index (χ1) is 13.9. The van der Waals surface area contributed by atoms with Crippen molar-refractivity contribution in [1.82, 2.24) is 14.3 Å². The highest BCUT2D eigenvalue weighted by molar-refractivity contribution is 5.94. The summed E-state index contributed by atoms with van der Waals surface area (Å²) in [5, 5.41) is 12.8. The Bertz CT molecular complexity index is 1150. The Morgan fingerprint density at radius 3 is 2.62 bits per heavy atom. The van der Waals surface area contributed by atoms with Crippen molar-refractivity contribution >= 4 is 11.4 Å². The van der Waals surface area contributed by atoms with E-state index >= 15 is 0 Å². The fraction of sp³-hybridized carbons (Fsp3) is 0.250. The van der Waals surface area contributed by atoms with Crippen LogP contribution < -0.4 is 16.3 Å². The van der Waals surface area contributed by atoms with Gasteiger partial charge in [0.15, 0.2) is 11.3 Å². The number of nitrogens with zero attached hydrogens (tertiary/aromatic N) is 2. The molecule has 0 fully saturated rings. The summed E-state index contributed by atoms with van der Waals surface area (Å²) in [5.41, 5.74) is -1.40. The zero-order valence-electron chi connectivity index (χ0n) is 15.7. The van der Waals surface area contributed by atoms with E-state index in [9.17, 15) is 23.9 Å². The van der Waals surface area contributed by atoms with Crippen LogP contribution in [0.4, 0.5) is 4.39 Å². The minimum Gasteiger partial charge on any atom is -0.503 e. The summed E-state index contributed by atoms with van der Waals surface area (Å²) in [6.45, 7) is 2.97. The van der Waals surface area contributed by atoms with Gasteiger partial charge in [-0.05, 0) is 24.6 Å². The zero-order chi connectivity index (χ0) is 21.0. The van der Waals surface area contributed by atoms with Crippen LogP contribution in [-0.4, -0.2) is 33.2 Å². The number of hydrogen-bond donors (Lipinski definition) is 2. The van der Waals surface area contributed by atoms with Crippen molar-refractivity contribution in [2.45, 2.75) is 20.0 Å². The van der Waals surface area contributed by atoms with Crippen molar-refractivity contribution in [3.05, 3.63) is 80.4 Å². The SMILES string of the molecule is CCOCCn1ccn2cc(C(=O)NCc3ccc(F)cc3)c(=O)c(O)c2c1=O. The molecule has 0 aliphatic heterocycles. The highest BCUT2D eigenvalue weighted by Crippen LogP contribution is 2.11. The van der Waals surface area contributed by atoms with Crippen LogP contribution in [0.25, 0.3) is 5.52 Å². The monoisotopic (exact) mass is 401 g/mol. The second kappa shape index (κ2) is 8.70. The maximum Gasteiger partial charge on any atom is 0.278 e. The summed E-state index contributed by atoms with van der Waals surface area (Å²) in [5.74, 6) is -1.91. The molecule has 2 N–H and O–H groups in total. The van der Waals surface area contributed by atoms with Gasteiger partial charge in [0, 0.05) is 38.3 Å². The number of pyridine rings is 1. The van der Waals surface area contributed by atoms with Crippen LogP contribution in [0, 0.1) is 5.82 Å². The molecule has 9 heteroatoms. The lowest BCUT2D eigenvalue weighted by atomic mass is 10.2. The molecule has 0 unspecified atom stereocenters. The third-order valence-electron chi connectivity index (χ3n) is 4.37. The molecule has 0 aliphatic carbocycles. The van der Waals surface area contributed by atoms with Crippen LogP contribution in [0.15, 0.2) is 52.4 Å². The number of fused-ring (bicyclic) bond motifs is 1. The molecule has 0 atom stereocenters. The lowest BCUT2D eigenvalue weighted by Gasteiger charge is -2.11. The van der Waals surface area contributed by atoms with Gasteiger partial charge in [-0.15, -0.1) is 0 Å². The summed E-state index contributed by atoms with van der Waals surface area (Å²) in [6, 6.07) is 5.53. The molecule has 3 aromatic rings. The van der Waals surface area contributed by atoms with Gasteiger partial charge in [-0.1, -0.05) is 12.1 Å². The van der Waals surface area contributed by atoms with E-state index in [1.54, 1.807) is 0 Å². The average molecular weight is 401 g/mol. The smallest absolute Gasteiger partial charge is 0.278 e. The third kappa shape index (κ3) is 4.35. The molecule has 1 aromatic carbocycles. The minimum absolute atomic E-state index is 0.0705. The maximum absolute atomic E-state index is 13.0. The van der Waals surface area contributed by atoms with Crippen molar-refractivity contribution < 1.29 is 19.0 Å². The Balaban J connectivity index is 1.89. The third-order valence-corrected chi connectivity index (χ3v) is 4.37. The van der Waals surface area contributed by atoms with E-state index in [1.165, 1.54) is 51.8 Å². The molecule has 29 heavy (non-hydrogen) atoms. The largest absolute Gasteiger partial charge is 0.503 e. The lowest BCUT2D eigenvalue weighted by molar-refractivity contribution is 0.0949. The second-order valence-electron chi connectivity index (χ2n) is 6.28. The van der Waals surface area contributed by atoms with Gasteiger partial charge in [0.1, 0.15) is 11.4 Å². The number of aromatic nitrogens is 2. The van der Waals surface area contributed by atoms with E-state index < -0.39 is 28.5 Å². The van der Waals surface area contributed by atoms with Crippen molar-refractivity contribution in [2.75, 3.05) is 13.2 Å². The molecule has 8 nitrogen and oxygen atoms in total. The summed E-state index contributed by atoms with van der Waals surface area (Å²) in [7, 11) is 0. The first-order valence-electron chi connectivity index (χ1n) is 9.00. The van der Waals surface area contributed by atoms with Gasteiger partial charge in [-0.25, -0.2) is 4.39 Å². The predicted octanol–water partition coefficient (Wildman–Crippen LogP) is 1.27. The Labute approximate surface area is 164 Å². The molecule has 0 spiro atoms. The van der Waals surface area contributed by atoms with Crippen LogP contribution in [0.2, 0.25) is 0 Å². The first kappa shape index (κ1) is 20.3. The number of carbonyl (C=O) groups is 1. The highest BCUT2D eigenvalue weighted by atomic mass is 19.1. The first-order valence-corrected chi connectivity index (χ1v) is 9.00. The Hall–Kier alpha value is -3.46. The molecule has 0 saturated carbocycles. The number of hydrogen-bond acceptors (Lipinski definition) is 5. The topological polar surface area (TPSA) is 102 Å². The van der Waals surface area contributed by atoms with E-state index in [1.807, 2.05) is 6.92 Å². The number of rotatable bonds is 7. The molecular formula is C20H20FN3O5. The van der Waals surface area contributed by atoms with E-state index in [-0.39, 0.29) is 24.2 Å². The number of nitrogens with one attached hydrogen (secondary N) is 1. The Kier molecular flexibility index (Phi) is 6.08. The summed E-state index contributed by atoms with van der Waals surface area (Å²) in [6.07, 6.45) is 4.16. The van der Waals surface area contributed by atoms with Crippen molar-refractivity contribution in [2.24, 2.45) is 0 Å². The molecule has 3 rings (SSSR count). The maximum atomic E-state index is 13.0. The number of ether oxygens (including phenoxy) is 1. The number of aromatic hydroxyl groups is 1. The van der Waals surface area contributed by atoms with Crippen LogP contribution in [0.3, 0.4) is 0 Å². The van der Waals surface area contributed by atoms with Gasteiger partial charge in [0.2, 0.25) is 5.43 Å². The van der Waals surface area contributed by atoms with E-state index in [2.05, 4.69) is 5.32 Å². The fourth-order valence-corrected chi connectivity index (χ4v) is 2.83. The zero-order valence-corrected chi connectivity index (χ0v) is 15.7. The van der Waals surface area contributed by atoms with Gasteiger partial charge in [-0.2, -0.15) is 0 Å². The van der Waals surface area contributed by atoms with Gasteiger partial charge < -0.3 is 24.1 Å². The number of halogens is 1. The lowest BCUT2D eigenvalue weighted by Crippen LogP contribution is -2.31. The molecule has 152 valence electrons. The molecule has 1 amide bonds. The summed E-state index contributed by atoms with van der Waals surface area (Å²) >= 11 is 0. The molecule has 0 bridgehead atoms. The van der Waals surface area contributed by atoms with Gasteiger partial charge in [0.25, 0.3) is 11.5 Å². The van der Waals surface area contributed by atoms with Crippen molar-refractivity contribution in [1.29, 1.82) is 0 Å². The molecule has 0 aliphatic rings. The Morgan fingerprint density at radius 1 is 1.21 bits per heavy atom. The number of amides is 1. The molecule has 0 radical (unpaired) electrons. The average Bonchev–Trinajstić information content (AvgIpc) is 2.71. The van der Waals surface area contributed by atoms with Crippen LogP contribution in [0.5, 0.6) is 5.75 Å². The van der Waals surface area contributed by atoms with Crippen LogP contribution >= 0.6 is 0 Å². The summed E-state index contributed by atoms with van der Waals surface area (Å²) < 4.78 is 20.7. The van der Waals surface area contributed by atoms with E-state index in [0.717, 1.165) is 0 Å². The number of carbonyl (C=O) groups excluding carboxylic acids is 1. The van der Waals surface area contributed by atoms with E-state index in [0.29, 0.717) is 18.8 Å². The summed E-state index contributed by atoms with van der Waals surface area (Å²) in [4.78, 5) is 37.4. The van der Waals surface area contributed by atoms with Crippen LogP contribution in [-0.2, 0) is 17.8 Å². The second-order valence-corrected chi connectivity index (χ2v) is 6.28. The molecule has 2 aromatic heterocycles. The van der Waals surface area contributed by atoms with Crippen LogP contribution in [0.1, 0.15) is 22.8 Å². The van der Waals surface area contributed by atoms with Gasteiger partial charge in [-0.3, -0.25) is 14.4 Å². The highest BCUT2D eigenvalue weighted by Gasteiger charge is 2.19. The number of benzene rings is 1. The van der Waals surface area contributed by atoms with Gasteiger partial charge >= 0.3 is 0 Å². The molecule has 0 saturated heterocycles. The van der Waals surface area contributed by atoms with Crippen molar-refractivity contribution in [3.8, 4) is 5.75 Å². The molecular weight excluding hydrogens is 381 g/mol. The predicted molar refractivity (Wildman–Crippen MR) is 104 cm³/mol. The minimum atomic E-state index is -0.943. The van der Waals surface area contributed by atoms with Crippen molar-refractivity contribution in [3.63, 3.8) is 0 Å². The van der Waals surface area contributed by atoms with Gasteiger partial charge in [0.05, 0.1) is 6.61 Å². The quantitative estimate of drug-likeness (QED) is 0.581. The normalized spacial score (nSPS) is 11.0. The van der Waals surface area contributed by atoms with E-state index in [4.69, 9.17) is 4.74 Å². The Morgan fingerprint density at radius 2 is 1.93 bits per heavy atom. The standard InChI is InChI=1S/C20H20FN3O5/c1-2-29-10-9-23-7-8-24-12-15(17(25)18(26)16(24)20(23)28)19(27)22-11-13-3-5-14(21)6-4-13/h3-8,12,26H,2,9-11H2,1H3,(H,22,27). The fourth-order valence-electron chi connectivity index (χ4n) is 2.83. The molecule has 2 heterocycles.